The summed E-state index contributed by atoms with van der Waals surface area (Å²) < 4.78 is 0. The molecule has 0 saturated heterocycles. The fourth-order valence-electron chi connectivity index (χ4n) is 4.40. The van der Waals surface area contributed by atoms with Crippen molar-refractivity contribution >= 4 is 40.4 Å². The zero-order chi connectivity index (χ0) is 20.7. The van der Waals surface area contributed by atoms with Gasteiger partial charge in [-0.1, -0.05) is 59.6 Å². The lowest BCUT2D eigenvalue weighted by Crippen LogP contribution is -2.26. The highest BCUT2D eigenvalue weighted by Gasteiger charge is 2.36. The molecule has 5 heteroatoms. The number of hydrogen-bond acceptors (Lipinski definition) is 3. The van der Waals surface area contributed by atoms with Gasteiger partial charge in [0.1, 0.15) is 0 Å². The Labute approximate surface area is 185 Å². The Hall–Kier alpha value is -2.75. The van der Waals surface area contributed by atoms with Gasteiger partial charge in [0.2, 0.25) is 0 Å². The molecule has 3 nitrogen and oxygen atoms in total. The summed E-state index contributed by atoms with van der Waals surface area (Å²) in [5, 5.41) is 8.49. The van der Waals surface area contributed by atoms with Gasteiger partial charge in [0, 0.05) is 27.7 Å². The van der Waals surface area contributed by atoms with Crippen molar-refractivity contribution < 1.29 is 4.79 Å². The number of carbonyl (C=O) groups is 1. The second kappa shape index (κ2) is 7.82. The van der Waals surface area contributed by atoms with Crippen LogP contribution in [-0.2, 0) is 4.79 Å². The van der Waals surface area contributed by atoms with Crippen LogP contribution in [0, 0.1) is 0 Å². The fraction of sp³-hybridized carbons (Fsp3) is 0.160. The van der Waals surface area contributed by atoms with E-state index in [-0.39, 0.29) is 17.7 Å². The molecule has 0 unspecified atom stereocenters. The number of halogens is 2. The molecule has 5 rings (SSSR count). The van der Waals surface area contributed by atoms with Crippen molar-refractivity contribution in [3.05, 3.63) is 105 Å². The van der Waals surface area contributed by atoms with Crippen LogP contribution in [0.4, 0.5) is 11.4 Å². The Morgan fingerprint density at radius 3 is 2.30 bits per heavy atom. The van der Waals surface area contributed by atoms with E-state index in [0.29, 0.717) is 16.5 Å². The summed E-state index contributed by atoms with van der Waals surface area (Å²) in [4.78, 5) is 13.5. The van der Waals surface area contributed by atoms with Crippen molar-refractivity contribution in [3.8, 4) is 0 Å². The third-order valence-corrected chi connectivity index (χ3v) is 6.32. The number of anilines is 2. The number of rotatable bonds is 2. The van der Waals surface area contributed by atoms with Crippen LogP contribution < -0.4 is 10.6 Å². The number of para-hydroxylation sites is 2. The minimum atomic E-state index is -0.256. The van der Waals surface area contributed by atoms with E-state index in [1.807, 2.05) is 72.8 Å². The van der Waals surface area contributed by atoms with E-state index in [0.717, 1.165) is 40.2 Å². The first kappa shape index (κ1) is 19.2. The first-order chi connectivity index (χ1) is 14.6. The lowest BCUT2D eigenvalue weighted by Gasteiger charge is -2.30. The summed E-state index contributed by atoms with van der Waals surface area (Å²) >= 11 is 12.3. The lowest BCUT2D eigenvalue weighted by molar-refractivity contribution is -0.116. The van der Waals surface area contributed by atoms with E-state index in [1.165, 1.54) is 0 Å². The van der Waals surface area contributed by atoms with Crippen LogP contribution in [0.15, 0.2) is 84.1 Å². The largest absolute Gasteiger partial charge is 0.372 e. The van der Waals surface area contributed by atoms with Crippen molar-refractivity contribution in [1.29, 1.82) is 0 Å². The number of carbonyl (C=O) groups excluding carboxylic acids is 1. The number of ketones is 1. The van der Waals surface area contributed by atoms with Gasteiger partial charge in [-0.2, -0.15) is 0 Å². The van der Waals surface area contributed by atoms with Crippen molar-refractivity contribution in [2.24, 2.45) is 0 Å². The Bertz CT molecular complexity index is 1150. The maximum atomic E-state index is 13.5. The molecule has 0 fully saturated rings. The molecule has 3 aromatic rings. The van der Waals surface area contributed by atoms with Gasteiger partial charge >= 0.3 is 0 Å². The Morgan fingerprint density at radius 2 is 1.53 bits per heavy atom. The summed E-state index contributed by atoms with van der Waals surface area (Å²) in [7, 11) is 0. The van der Waals surface area contributed by atoms with Crippen molar-refractivity contribution in [3.63, 3.8) is 0 Å². The van der Waals surface area contributed by atoms with Crippen LogP contribution in [0.5, 0.6) is 0 Å². The zero-order valence-electron chi connectivity index (χ0n) is 16.2. The highest BCUT2D eigenvalue weighted by atomic mass is 35.5. The van der Waals surface area contributed by atoms with Gasteiger partial charge in [0.25, 0.3) is 0 Å². The molecule has 1 aliphatic carbocycles. The summed E-state index contributed by atoms with van der Waals surface area (Å²) in [6, 6.07) is 23.3. The van der Waals surface area contributed by atoms with Crippen LogP contribution >= 0.6 is 23.2 Å². The maximum Gasteiger partial charge on any atom is 0.163 e. The minimum Gasteiger partial charge on any atom is -0.372 e. The van der Waals surface area contributed by atoms with E-state index in [4.69, 9.17) is 23.2 Å². The molecule has 0 bridgehead atoms. The first-order valence-electron chi connectivity index (χ1n) is 9.98. The molecule has 0 spiro atoms. The standard InChI is InChI=1S/C25H20Cl2N2O/c26-18-10-8-15(9-11-18)17-13-22-24(23(30)14-17)25(16-4-3-5-19(27)12-16)29-21-7-2-1-6-20(21)28-22/h1-12,17,25,28-29H,13-14H2/t17-,25+/m0/s1. The molecule has 0 radical (unpaired) electrons. The highest BCUT2D eigenvalue weighted by molar-refractivity contribution is 6.30. The number of Topliss-reactive ketones (excluding diaryl/α,β-unsaturated/α-hetero) is 1. The molecule has 0 amide bonds. The molecule has 2 N–H and O–H groups in total. The fourth-order valence-corrected chi connectivity index (χ4v) is 4.72. The number of hydrogen-bond donors (Lipinski definition) is 2. The van der Waals surface area contributed by atoms with Crippen LogP contribution in [0.2, 0.25) is 10.0 Å². The SMILES string of the molecule is O=C1C[C@@H](c2ccc(Cl)cc2)CC2=C1[C@@H](c1cccc(Cl)c1)Nc1ccccc1N2. The Kier molecular flexibility index (Phi) is 5.01. The number of benzene rings is 3. The minimum absolute atomic E-state index is 0.117. The summed E-state index contributed by atoms with van der Waals surface area (Å²) in [5.74, 6) is 0.264. The third kappa shape index (κ3) is 3.60. The van der Waals surface area contributed by atoms with Crippen LogP contribution in [0.3, 0.4) is 0 Å². The van der Waals surface area contributed by atoms with Crippen molar-refractivity contribution in [2.75, 3.05) is 10.6 Å². The molecule has 0 saturated carbocycles. The second-order valence-electron chi connectivity index (χ2n) is 7.78. The van der Waals surface area contributed by atoms with E-state index >= 15 is 0 Å². The van der Waals surface area contributed by atoms with Gasteiger partial charge in [-0.05, 0) is 59.9 Å². The van der Waals surface area contributed by atoms with Gasteiger partial charge in [0.15, 0.2) is 5.78 Å². The van der Waals surface area contributed by atoms with E-state index < -0.39 is 0 Å². The number of nitrogens with one attached hydrogen (secondary N) is 2. The monoisotopic (exact) mass is 434 g/mol. The normalized spacial score (nSPS) is 20.5. The zero-order valence-corrected chi connectivity index (χ0v) is 17.7. The highest BCUT2D eigenvalue weighted by Crippen LogP contribution is 2.44. The maximum absolute atomic E-state index is 13.5. The van der Waals surface area contributed by atoms with Gasteiger partial charge < -0.3 is 10.6 Å². The van der Waals surface area contributed by atoms with Crippen molar-refractivity contribution in [2.45, 2.75) is 24.8 Å². The molecule has 2 aliphatic rings. The van der Waals surface area contributed by atoms with Crippen LogP contribution in [0.1, 0.15) is 35.9 Å². The average Bonchev–Trinajstić information content (AvgIpc) is 2.91. The molecule has 3 aromatic carbocycles. The van der Waals surface area contributed by atoms with Crippen LogP contribution in [0.25, 0.3) is 0 Å². The Balaban J connectivity index is 1.61. The van der Waals surface area contributed by atoms with E-state index in [2.05, 4.69) is 10.6 Å². The number of allylic oxidation sites excluding steroid dienone is 1. The molecular weight excluding hydrogens is 415 g/mol. The molecule has 2 atom stereocenters. The summed E-state index contributed by atoms with van der Waals surface area (Å²) in [6.45, 7) is 0. The molecule has 1 aliphatic heterocycles. The lowest BCUT2D eigenvalue weighted by atomic mass is 9.78. The third-order valence-electron chi connectivity index (χ3n) is 5.83. The second-order valence-corrected chi connectivity index (χ2v) is 8.65. The van der Waals surface area contributed by atoms with E-state index in [9.17, 15) is 4.79 Å². The van der Waals surface area contributed by atoms with Gasteiger partial charge in [0.05, 0.1) is 17.4 Å². The number of fused-ring (bicyclic) bond motifs is 1. The van der Waals surface area contributed by atoms with Gasteiger partial charge in [-0.3, -0.25) is 4.79 Å². The Morgan fingerprint density at radius 1 is 0.767 bits per heavy atom. The topological polar surface area (TPSA) is 41.1 Å². The van der Waals surface area contributed by atoms with Gasteiger partial charge in [-0.25, -0.2) is 0 Å². The predicted octanol–water partition coefficient (Wildman–Crippen LogP) is 6.97. The molecule has 150 valence electrons. The predicted molar refractivity (Wildman–Crippen MR) is 123 cm³/mol. The van der Waals surface area contributed by atoms with E-state index in [1.54, 1.807) is 0 Å². The first-order valence-corrected chi connectivity index (χ1v) is 10.7. The molecular formula is C25H20Cl2N2O. The van der Waals surface area contributed by atoms with Crippen LogP contribution in [-0.4, -0.2) is 5.78 Å². The smallest absolute Gasteiger partial charge is 0.163 e. The van der Waals surface area contributed by atoms with Gasteiger partial charge in [-0.15, -0.1) is 0 Å². The summed E-state index contributed by atoms with van der Waals surface area (Å²) in [5.41, 5.74) is 5.80. The average molecular weight is 435 g/mol. The quantitative estimate of drug-likeness (QED) is 0.457. The molecule has 0 aromatic heterocycles. The van der Waals surface area contributed by atoms with Crippen molar-refractivity contribution in [1.82, 2.24) is 0 Å². The molecule has 1 heterocycles. The summed E-state index contributed by atoms with van der Waals surface area (Å²) in [6.07, 6.45) is 1.23. The molecule has 30 heavy (non-hydrogen) atoms.